The van der Waals surface area contributed by atoms with Crippen LogP contribution in [0.25, 0.3) is 0 Å². The van der Waals surface area contributed by atoms with Crippen molar-refractivity contribution < 1.29 is 4.79 Å². The standard InChI is InChI=1S/C16H24N2O.ClH/c1-15(2,13-7-5-4-6-8-13)11-18-14(19)16(3)9-10-17-12-16;/h4-8,17H,9-12H2,1-3H3,(H,18,19);1H. The molecule has 1 aromatic rings. The van der Waals surface area contributed by atoms with Crippen molar-refractivity contribution in [3.8, 4) is 0 Å². The Hall–Kier alpha value is -1.06. The van der Waals surface area contributed by atoms with Crippen molar-refractivity contribution in [1.82, 2.24) is 10.6 Å². The minimum atomic E-state index is -0.243. The molecule has 1 unspecified atom stereocenters. The van der Waals surface area contributed by atoms with Gasteiger partial charge >= 0.3 is 0 Å². The Morgan fingerprint density at radius 3 is 2.55 bits per heavy atom. The lowest BCUT2D eigenvalue weighted by Crippen LogP contribution is -2.45. The van der Waals surface area contributed by atoms with Gasteiger partial charge in [-0.3, -0.25) is 4.79 Å². The Labute approximate surface area is 127 Å². The Kier molecular flexibility index (Phi) is 5.60. The Bertz CT molecular complexity index is 439. The van der Waals surface area contributed by atoms with Crippen LogP contribution in [-0.4, -0.2) is 25.5 Å². The smallest absolute Gasteiger partial charge is 0.227 e. The zero-order chi connectivity index (χ0) is 13.9. The fraction of sp³-hybridized carbons (Fsp3) is 0.562. The first-order chi connectivity index (χ1) is 8.94. The molecule has 1 aliphatic heterocycles. The van der Waals surface area contributed by atoms with Crippen molar-refractivity contribution in [1.29, 1.82) is 0 Å². The number of nitrogens with one attached hydrogen (secondary N) is 2. The summed E-state index contributed by atoms with van der Waals surface area (Å²) in [5, 5.41) is 6.39. The van der Waals surface area contributed by atoms with Gasteiger partial charge in [0.25, 0.3) is 0 Å². The molecule has 0 spiro atoms. The minimum Gasteiger partial charge on any atom is -0.355 e. The summed E-state index contributed by atoms with van der Waals surface area (Å²) in [6.45, 7) is 8.76. The van der Waals surface area contributed by atoms with E-state index in [0.29, 0.717) is 6.54 Å². The van der Waals surface area contributed by atoms with Gasteiger partial charge in [0.15, 0.2) is 0 Å². The summed E-state index contributed by atoms with van der Waals surface area (Å²) in [5.74, 6) is 0.168. The van der Waals surface area contributed by atoms with Crippen molar-refractivity contribution >= 4 is 18.3 Å². The second kappa shape index (κ2) is 6.59. The quantitative estimate of drug-likeness (QED) is 0.896. The number of rotatable bonds is 4. The third kappa shape index (κ3) is 3.74. The van der Waals surface area contributed by atoms with Crippen LogP contribution in [0.4, 0.5) is 0 Å². The van der Waals surface area contributed by atoms with Gasteiger partial charge in [0, 0.05) is 18.5 Å². The first-order valence-electron chi connectivity index (χ1n) is 6.99. The monoisotopic (exact) mass is 296 g/mol. The van der Waals surface area contributed by atoms with Gasteiger partial charge in [-0.15, -0.1) is 12.4 Å². The molecule has 0 radical (unpaired) electrons. The Morgan fingerprint density at radius 1 is 1.35 bits per heavy atom. The first kappa shape index (κ1) is 17.0. The first-order valence-corrected chi connectivity index (χ1v) is 6.99. The van der Waals surface area contributed by atoms with Crippen molar-refractivity contribution in [3.63, 3.8) is 0 Å². The molecule has 3 nitrogen and oxygen atoms in total. The number of hydrogen-bond acceptors (Lipinski definition) is 2. The third-order valence-corrected chi connectivity index (χ3v) is 4.16. The van der Waals surface area contributed by atoms with Crippen LogP contribution in [0.5, 0.6) is 0 Å². The molecular weight excluding hydrogens is 272 g/mol. The maximum atomic E-state index is 12.3. The topological polar surface area (TPSA) is 41.1 Å². The third-order valence-electron chi connectivity index (χ3n) is 4.16. The number of halogens is 1. The van der Waals surface area contributed by atoms with Crippen LogP contribution in [0.15, 0.2) is 30.3 Å². The van der Waals surface area contributed by atoms with E-state index < -0.39 is 0 Å². The van der Waals surface area contributed by atoms with Crippen LogP contribution < -0.4 is 10.6 Å². The lowest BCUT2D eigenvalue weighted by molar-refractivity contribution is -0.129. The fourth-order valence-corrected chi connectivity index (χ4v) is 2.52. The number of hydrogen-bond donors (Lipinski definition) is 2. The van der Waals surface area contributed by atoms with E-state index in [-0.39, 0.29) is 29.1 Å². The number of benzene rings is 1. The lowest BCUT2D eigenvalue weighted by atomic mass is 9.83. The van der Waals surface area contributed by atoms with Crippen LogP contribution in [0, 0.1) is 5.41 Å². The highest BCUT2D eigenvalue weighted by atomic mass is 35.5. The van der Waals surface area contributed by atoms with Crippen molar-refractivity contribution in [2.45, 2.75) is 32.6 Å². The van der Waals surface area contributed by atoms with Crippen LogP contribution in [0.2, 0.25) is 0 Å². The molecule has 1 saturated heterocycles. The normalized spacial score (nSPS) is 22.1. The highest BCUT2D eigenvalue weighted by molar-refractivity contribution is 5.85. The molecule has 2 N–H and O–H groups in total. The minimum absolute atomic E-state index is 0. The molecule has 1 amide bonds. The molecule has 20 heavy (non-hydrogen) atoms. The molecule has 0 saturated carbocycles. The molecule has 1 aromatic carbocycles. The largest absolute Gasteiger partial charge is 0.355 e. The summed E-state index contributed by atoms with van der Waals surface area (Å²) in [6.07, 6.45) is 0.921. The van der Waals surface area contributed by atoms with E-state index in [1.54, 1.807) is 0 Å². The van der Waals surface area contributed by atoms with Crippen LogP contribution in [0.3, 0.4) is 0 Å². The summed E-state index contributed by atoms with van der Waals surface area (Å²) in [7, 11) is 0. The molecule has 0 aromatic heterocycles. The second-order valence-electron chi connectivity index (χ2n) is 6.42. The molecule has 4 heteroatoms. The van der Waals surface area contributed by atoms with Gasteiger partial charge in [-0.1, -0.05) is 44.2 Å². The second-order valence-corrected chi connectivity index (χ2v) is 6.42. The number of amides is 1. The molecule has 112 valence electrons. The maximum Gasteiger partial charge on any atom is 0.227 e. The van der Waals surface area contributed by atoms with Gasteiger partial charge in [-0.2, -0.15) is 0 Å². The van der Waals surface area contributed by atoms with Crippen LogP contribution in [-0.2, 0) is 10.2 Å². The molecule has 0 aliphatic carbocycles. The molecule has 0 bridgehead atoms. The van der Waals surface area contributed by atoms with Crippen molar-refractivity contribution in [2.24, 2.45) is 5.41 Å². The average molecular weight is 297 g/mol. The highest BCUT2D eigenvalue weighted by Gasteiger charge is 2.36. The van der Waals surface area contributed by atoms with E-state index in [4.69, 9.17) is 0 Å². The maximum absolute atomic E-state index is 12.3. The van der Waals surface area contributed by atoms with Crippen LogP contribution in [0.1, 0.15) is 32.8 Å². The SMILES string of the molecule is CC1(C(=O)NCC(C)(C)c2ccccc2)CCNC1.Cl. The predicted octanol–water partition coefficient (Wildman–Crippen LogP) is 2.50. The van der Waals surface area contributed by atoms with Gasteiger partial charge in [-0.05, 0) is 25.5 Å². The van der Waals surface area contributed by atoms with E-state index in [1.165, 1.54) is 5.56 Å². The van der Waals surface area contributed by atoms with Crippen molar-refractivity contribution in [3.05, 3.63) is 35.9 Å². The number of carbonyl (C=O) groups is 1. The molecular formula is C16H25ClN2O. The molecule has 1 atom stereocenters. The molecule has 2 rings (SSSR count). The molecule has 1 aliphatic rings. The average Bonchev–Trinajstić information content (AvgIpc) is 2.85. The fourth-order valence-electron chi connectivity index (χ4n) is 2.52. The number of carbonyl (C=O) groups excluding carboxylic acids is 1. The predicted molar refractivity (Wildman–Crippen MR) is 85.3 cm³/mol. The van der Waals surface area contributed by atoms with E-state index in [2.05, 4.69) is 36.6 Å². The van der Waals surface area contributed by atoms with Gasteiger partial charge in [-0.25, -0.2) is 0 Å². The van der Waals surface area contributed by atoms with Gasteiger partial charge in [0.05, 0.1) is 5.41 Å². The van der Waals surface area contributed by atoms with Crippen LogP contribution >= 0.6 is 12.4 Å². The zero-order valence-corrected chi connectivity index (χ0v) is 13.3. The highest BCUT2D eigenvalue weighted by Crippen LogP contribution is 2.26. The van der Waals surface area contributed by atoms with Gasteiger partial charge in [0.2, 0.25) is 5.91 Å². The zero-order valence-electron chi connectivity index (χ0n) is 12.5. The van der Waals surface area contributed by atoms with E-state index >= 15 is 0 Å². The summed E-state index contributed by atoms with van der Waals surface area (Å²) < 4.78 is 0. The Balaban J connectivity index is 0.00000200. The van der Waals surface area contributed by atoms with E-state index in [9.17, 15) is 4.79 Å². The van der Waals surface area contributed by atoms with Gasteiger partial charge < -0.3 is 10.6 Å². The summed E-state index contributed by atoms with van der Waals surface area (Å²) >= 11 is 0. The molecule has 1 heterocycles. The van der Waals surface area contributed by atoms with Gasteiger partial charge in [0.1, 0.15) is 0 Å². The lowest BCUT2D eigenvalue weighted by Gasteiger charge is -2.29. The summed E-state index contributed by atoms with van der Waals surface area (Å²) in [6, 6.07) is 10.3. The summed E-state index contributed by atoms with van der Waals surface area (Å²) in [5.41, 5.74) is 0.969. The molecule has 1 fully saturated rings. The van der Waals surface area contributed by atoms with E-state index in [0.717, 1.165) is 19.5 Å². The van der Waals surface area contributed by atoms with E-state index in [1.807, 2.05) is 25.1 Å². The van der Waals surface area contributed by atoms with Crippen molar-refractivity contribution in [2.75, 3.05) is 19.6 Å². The Morgan fingerprint density at radius 2 is 2.00 bits per heavy atom. The summed E-state index contributed by atoms with van der Waals surface area (Å²) in [4.78, 5) is 12.3.